The first-order valence-corrected chi connectivity index (χ1v) is 14.3. The van der Waals surface area contributed by atoms with Gasteiger partial charge in [-0.2, -0.15) is 18.2 Å². The van der Waals surface area contributed by atoms with Gasteiger partial charge in [0.05, 0.1) is 29.4 Å². The predicted octanol–water partition coefficient (Wildman–Crippen LogP) is 7.03. The molecule has 0 unspecified atom stereocenters. The highest BCUT2D eigenvalue weighted by atomic mass is 32.2. The highest BCUT2D eigenvalue weighted by Crippen LogP contribution is 2.32. The highest BCUT2D eigenvalue weighted by molar-refractivity contribution is 8.15. The maximum absolute atomic E-state index is 15.0. The summed E-state index contributed by atoms with van der Waals surface area (Å²) in [6.45, 7) is -0.256. The molecule has 5 rings (SSSR count). The van der Waals surface area contributed by atoms with Gasteiger partial charge in [-0.1, -0.05) is 30.0 Å². The number of hydrogen-bond acceptors (Lipinski definition) is 7. The summed E-state index contributed by atoms with van der Waals surface area (Å²) in [4.78, 5) is 34.6. The van der Waals surface area contributed by atoms with Crippen molar-refractivity contribution in [2.45, 2.75) is 26.1 Å². The fourth-order valence-electron chi connectivity index (χ4n) is 4.29. The number of carbonyl (C=O) groups excluding carboxylic acids is 2. The number of ether oxygens (including phenoxy) is 2. The zero-order valence-electron chi connectivity index (χ0n) is 23.9. The van der Waals surface area contributed by atoms with Crippen molar-refractivity contribution in [1.82, 2.24) is 14.8 Å². The third-order valence-electron chi connectivity index (χ3n) is 6.24. The summed E-state index contributed by atoms with van der Waals surface area (Å²) >= 11 is 0.911. The summed E-state index contributed by atoms with van der Waals surface area (Å²) in [5.74, 6) is -1.94. The molecule has 10 nitrogen and oxygen atoms in total. The minimum Gasteiger partial charge on any atom is -0.406 e. The quantitative estimate of drug-likeness (QED) is 0.199. The van der Waals surface area contributed by atoms with Gasteiger partial charge in [-0.3, -0.25) is 9.69 Å². The van der Waals surface area contributed by atoms with Crippen molar-refractivity contribution < 1.29 is 49.8 Å². The fraction of sp³-hybridized carbons (Fsp3) is 0.207. The molecule has 4 aromatic rings. The smallest absolute Gasteiger partial charge is 0.406 e. The molecule has 0 spiro atoms. The van der Waals surface area contributed by atoms with Crippen molar-refractivity contribution in [1.29, 1.82) is 0 Å². The van der Waals surface area contributed by atoms with Crippen LogP contribution in [-0.4, -0.2) is 56.8 Å². The Morgan fingerprint density at radius 2 is 1.85 bits per heavy atom. The summed E-state index contributed by atoms with van der Waals surface area (Å²) in [5, 5.41) is 6.37. The molecule has 1 saturated heterocycles. The standard InChI is InChI=1S/C29H21F7N6O4S/c1-16-5-6-18(12-45-14-28(31,32)33)23(9-16)42-24(43)13-47-27(42)39-26(44)38-22-8-7-17(10-21(22)30)25-37-15-41(40-25)19-3-2-4-20(11-19)46-29(34,35)36/h2-11,15H,12-14H2,1H3,(H,38,44). The van der Waals surface area contributed by atoms with Crippen LogP contribution in [0.1, 0.15) is 11.1 Å². The summed E-state index contributed by atoms with van der Waals surface area (Å²) in [6, 6.07) is 12.2. The van der Waals surface area contributed by atoms with Crippen LogP contribution in [0.5, 0.6) is 5.75 Å². The molecular formula is C29H21F7N6O4S. The van der Waals surface area contributed by atoms with E-state index < -0.39 is 49.3 Å². The van der Waals surface area contributed by atoms with Crippen LogP contribution in [0.3, 0.4) is 0 Å². The number of thioether (sulfide) groups is 1. The average Bonchev–Trinajstić information content (AvgIpc) is 3.61. The molecule has 3 amide bonds. The lowest BCUT2D eigenvalue weighted by Crippen LogP contribution is -2.31. The lowest BCUT2D eigenvalue weighted by molar-refractivity contribution is -0.274. The van der Waals surface area contributed by atoms with Gasteiger partial charge in [0.25, 0.3) is 0 Å². The third kappa shape index (κ3) is 8.64. The van der Waals surface area contributed by atoms with Crippen molar-refractivity contribution in [2.75, 3.05) is 22.6 Å². The highest BCUT2D eigenvalue weighted by Gasteiger charge is 2.33. The van der Waals surface area contributed by atoms with E-state index in [9.17, 15) is 35.9 Å². The Hall–Kier alpha value is -4.97. The van der Waals surface area contributed by atoms with Crippen molar-refractivity contribution in [3.63, 3.8) is 0 Å². The first kappa shape index (κ1) is 33.4. The molecule has 0 atom stereocenters. The van der Waals surface area contributed by atoms with Gasteiger partial charge in [0, 0.05) is 17.2 Å². The van der Waals surface area contributed by atoms with E-state index in [1.807, 2.05) is 0 Å². The first-order chi connectivity index (χ1) is 22.1. The maximum atomic E-state index is 15.0. The number of aryl methyl sites for hydroxylation is 1. The number of aromatic nitrogens is 3. The van der Waals surface area contributed by atoms with Crippen LogP contribution >= 0.6 is 11.8 Å². The van der Waals surface area contributed by atoms with Crippen molar-refractivity contribution in [3.8, 4) is 22.8 Å². The monoisotopic (exact) mass is 682 g/mol. The van der Waals surface area contributed by atoms with Gasteiger partial charge in [0.15, 0.2) is 11.0 Å². The Labute approximate surface area is 265 Å². The van der Waals surface area contributed by atoms with Gasteiger partial charge in [-0.25, -0.2) is 18.9 Å². The molecule has 1 aliphatic heterocycles. The Balaban J connectivity index is 1.30. The van der Waals surface area contributed by atoms with Gasteiger partial charge in [0.2, 0.25) is 5.91 Å². The lowest BCUT2D eigenvalue weighted by Gasteiger charge is -2.21. The number of carbonyl (C=O) groups is 2. The van der Waals surface area contributed by atoms with E-state index in [0.717, 1.165) is 39.5 Å². The zero-order valence-corrected chi connectivity index (χ0v) is 24.7. The second kappa shape index (κ2) is 13.4. The van der Waals surface area contributed by atoms with Gasteiger partial charge < -0.3 is 14.8 Å². The molecule has 18 heteroatoms. The largest absolute Gasteiger partial charge is 0.573 e. The summed E-state index contributed by atoms with van der Waals surface area (Å²) in [5.41, 5.74) is 1.21. The third-order valence-corrected chi connectivity index (χ3v) is 7.17. The lowest BCUT2D eigenvalue weighted by atomic mass is 10.1. The Morgan fingerprint density at radius 1 is 1.06 bits per heavy atom. The SMILES string of the molecule is Cc1ccc(COCC(F)(F)F)c(N2C(=O)CSC2=NC(=O)Nc2ccc(-c3ncn(-c4cccc(OC(F)(F)F)c4)n3)cc2F)c1. The normalized spacial score (nSPS) is 14.6. The molecule has 1 fully saturated rings. The Kier molecular flexibility index (Phi) is 9.53. The van der Waals surface area contributed by atoms with E-state index in [2.05, 4.69) is 25.1 Å². The van der Waals surface area contributed by atoms with E-state index >= 15 is 4.39 Å². The Morgan fingerprint density at radius 3 is 2.57 bits per heavy atom. The number of nitrogens with one attached hydrogen (secondary N) is 1. The van der Waals surface area contributed by atoms with E-state index in [4.69, 9.17) is 4.74 Å². The molecule has 0 saturated carbocycles. The second-order valence-electron chi connectivity index (χ2n) is 9.84. The number of urea groups is 1. The zero-order chi connectivity index (χ0) is 33.9. The minimum atomic E-state index is -4.89. The van der Waals surface area contributed by atoms with Gasteiger partial charge >= 0.3 is 18.6 Å². The molecular weight excluding hydrogens is 661 g/mol. The first-order valence-electron chi connectivity index (χ1n) is 13.3. The van der Waals surface area contributed by atoms with Gasteiger partial charge in [-0.15, -0.1) is 18.3 Å². The maximum Gasteiger partial charge on any atom is 0.573 e. The van der Waals surface area contributed by atoms with Crippen molar-refractivity contribution in [2.24, 2.45) is 4.99 Å². The topological polar surface area (TPSA) is 111 Å². The fourth-order valence-corrected chi connectivity index (χ4v) is 5.15. The van der Waals surface area contributed by atoms with E-state index in [0.29, 0.717) is 5.56 Å². The van der Waals surface area contributed by atoms with Crippen LogP contribution in [0, 0.1) is 12.7 Å². The summed E-state index contributed by atoms with van der Waals surface area (Å²) in [6.07, 6.45) is -8.23. The molecule has 0 bridgehead atoms. The number of aliphatic imine (C=N–C) groups is 1. The van der Waals surface area contributed by atoms with Crippen LogP contribution in [0.4, 0.5) is 46.9 Å². The van der Waals surface area contributed by atoms with Gasteiger partial charge in [0.1, 0.15) is 24.5 Å². The molecule has 1 aliphatic rings. The van der Waals surface area contributed by atoms with Crippen LogP contribution in [-0.2, 0) is 16.1 Å². The van der Waals surface area contributed by atoms with E-state index in [1.54, 1.807) is 19.1 Å². The molecule has 47 heavy (non-hydrogen) atoms. The molecule has 2 heterocycles. The van der Waals surface area contributed by atoms with Crippen LogP contribution < -0.4 is 15.0 Å². The number of hydrogen-bond donors (Lipinski definition) is 1. The number of halogens is 7. The molecule has 0 aliphatic carbocycles. The van der Waals surface area contributed by atoms with Crippen molar-refractivity contribution in [3.05, 3.63) is 83.9 Å². The van der Waals surface area contributed by atoms with Crippen molar-refractivity contribution >= 4 is 40.2 Å². The molecule has 0 radical (unpaired) electrons. The predicted molar refractivity (Wildman–Crippen MR) is 157 cm³/mol. The molecule has 1 N–H and O–H groups in total. The number of amidine groups is 1. The van der Waals surface area contributed by atoms with E-state index in [1.165, 1.54) is 36.7 Å². The summed E-state index contributed by atoms with van der Waals surface area (Å²) < 4.78 is 100. The number of rotatable bonds is 8. The van der Waals surface area contributed by atoms with Crippen LogP contribution in [0.2, 0.25) is 0 Å². The van der Waals surface area contributed by atoms with E-state index in [-0.39, 0.29) is 44.9 Å². The van der Waals surface area contributed by atoms with Gasteiger partial charge in [-0.05, 0) is 48.9 Å². The van der Waals surface area contributed by atoms with Crippen LogP contribution in [0.15, 0.2) is 72.0 Å². The van der Waals surface area contributed by atoms with Crippen LogP contribution in [0.25, 0.3) is 17.1 Å². The average molecular weight is 683 g/mol. The number of nitrogens with zero attached hydrogens (tertiary/aromatic N) is 5. The number of alkyl halides is 6. The number of benzene rings is 3. The summed E-state index contributed by atoms with van der Waals surface area (Å²) in [7, 11) is 0. The number of amides is 3. The molecule has 1 aromatic heterocycles. The molecule has 246 valence electrons. The minimum absolute atomic E-state index is 0.0221. The number of anilines is 2. The second-order valence-corrected chi connectivity index (χ2v) is 10.8. The Bertz CT molecular complexity index is 1840. The molecule has 3 aromatic carbocycles.